The molecule has 1 saturated carbocycles. The highest BCUT2D eigenvalue weighted by atomic mass is 79.9. The van der Waals surface area contributed by atoms with E-state index in [9.17, 15) is 0 Å². The highest BCUT2D eigenvalue weighted by Crippen LogP contribution is 2.34. The predicted molar refractivity (Wildman–Crippen MR) is 86.7 cm³/mol. The first-order valence-electron chi connectivity index (χ1n) is 6.81. The van der Waals surface area contributed by atoms with Crippen molar-refractivity contribution in [2.45, 2.75) is 51.1 Å². The van der Waals surface area contributed by atoms with E-state index in [2.05, 4.69) is 50.2 Å². The Balaban J connectivity index is 2.10. The Morgan fingerprint density at radius 3 is 2.53 bits per heavy atom. The summed E-state index contributed by atoms with van der Waals surface area (Å²) in [5.41, 5.74) is 1.47. The van der Waals surface area contributed by atoms with Crippen molar-refractivity contribution in [2.24, 2.45) is 0 Å². The smallest absolute Gasteiger partial charge is 0.137 e. The lowest BCUT2D eigenvalue weighted by atomic mass is 9.83. The molecule has 1 aliphatic carbocycles. The third kappa shape index (κ3) is 3.96. The second-order valence-corrected chi connectivity index (χ2v) is 7.32. The van der Waals surface area contributed by atoms with Crippen LogP contribution in [0.4, 0.5) is 0 Å². The molecule has 0 aliphatic heterocycles. The number of halogens is 2. The molecule has 0 aromatic heterocycles. The largest absolute Gasteiger partial charge is 0.495 e. The van der Waals surface area contributed by atoms with E-state index in [-0.39, 0.29) is 5.54 Å². The monoisotopic (exact) mass is 389 g/mol. The minimum atomic E-state index is 0.276. The lowest BCUT2D eigenvalue weighted by Gasteiger charge is -2.35. The van der Waals surface area contributed by atoms with Crippen LogP contribution in [-0.2, 0) is 6.54 Å². The maximum atomic E-state index is 5.50. The molecule has 0 unspecified atom stereocenters. The summed E-state index contributed by atoms with van der Waals surface area (Å²) in [4.78, 5) is 0. The SMILES string of the molecule is COc1c(Br)cc(Br)cc1CNC1(C)CCCCC1. The average Bonchev–Trinajstić information content (AvgIpc) is 2.37. The molecule has 0 bridgehead atoms. The second kappa shape index (κ2) is 6.59. The first-order valence-corrected chi connectivity index (χ1v) is 8.40. The molecule has 1 aromatic carbocycles. The topological polar surface area (TPSA) is 21.3 Å². The van der Waals surface area contributed by atoms with Gasteiger partial charge in [0.25, 0.3) is 0 Å². The van der Waals surface area contributed by atoms with E-state index in [4.69, 9.17) is 4.74 Å². The van der Waals surface area contributed by atoms with Crippen molar-refractivity contribution in [3.63, 3.8) is 0 Å². The zero-order valence-corrected chi connectivity index (χ0v) is 14.7. The molecule has 106 valence electrons. The van der Waals surface area contributed by atoms with Gasteiger partial charge in [0.15, 0.2) is 0 Å². The summed E-state index contributed by atoms with van der Waals surface area (Å²) in [7, 11) is 1.72. The van der Waals surface area contributed by atoms with Crippen LogP contribution >= 0.6 is 31.9 Å². The normalized spacial score (nSPS) is 18.3. The fourth-order valence-electron chi connectivity index (χ4n) is 2.79. The van der Waals surface area contributed by atoms with E-state index in [1.54, 1.807) is 7.11 Å². The van der Waals surface area contributed by atoms with E-state index in [1.807, 2.05) is 6.07 Å². The van der Waals surface area contributed by atoms with Crippen LogP contribution < -0.4 is 10.1 Å². The maximum absolute atomic E-state index is 5.50. The Kier molecular flexibility index (Phi) is 5.32. The van der Waals surface area contributed by atoms with Crippen molar-refractivity contribution in [1.82, 2.24) is 5.32 Å². The summed E-state index contributed by atoms with van der Waals surface area (Å²) in [6.07, 6.45) is 6.59. The minimum absolute atomic E-state index is 0.276. The second-order valence-electron chi connectivity index (χ2n) is 5.55. The van der Waals surface area contributed by atoms with Crippen LogP contribution in [-0.4, -0.2) is 12.6 Å². The molecule has 4 heteroatoms. The van der Waals surface area contributed by atoms with Crippen molar-refractivity contribution >= 4 is 31.9 Å². The van der Waals surface area contributed by atoms with Gasteiger partial charge in [-0.25, -0.2) is 0 Å². The fourth-order valence-corrected chi connectivity index (χ4v) is 4.27. The van der Waals surface area contributed by atoms with Gasteiger partial charge in [-0.05, 0) is 47.8 Å². The molecule has 0 amide bonds. The first kappa shape index (κ1) is 15.3. The van der Waals surface area contributed by atoms with Crippen LogP contribution in [0, 0.1) is 0 Å². The maximum Gasteiger partial charge on any atom is 0.137 e. The highest BCUT2D eigenvalue weighted by Gasteiger charge is 2.26. The summed E-state index contributed by atoms with van der Waals surface area (Å²) < 4.78 is 7.57. The Morgan fingerprint density at radius 1 is 1.21 bits per heavy atom. The summed E-state index contributed by atoms with van der Waals surface area (Å²) in [5.74, 6) is 0.926. The summed E-state index contributed by atoms with van der Waals surface area (Å²) in [5, 5.41) is 3.72. The Morgan fingerprint density at radius 2 is 1.89 bits per heavy atom. The number of hydrogen-bond acceptors (Lipinski definition) is 2. The van der Waals surface area contributed by atoms with Crippen molar-refractivity contribution in [3.8, 4) is 5.75 Å². The molecule has 2 rings (SSSR count). The van der Waals surface area contributed by atoms with Gasteiger partial charge >= 0.3 is 0 Å². The van der Waals surface area contributed by atoms with Crippen LogP contribution in [0.5, 0.6) is 5.75 Å². The lowest BCUT2D eigenvalue weighted by Crippen LogP contribution is -2.43. The van der Waals surface area contributed by atoms with Crippen LogP contribution in [0.25, 0.3) is 0 Å². The average molecular weight is 391 g/mol. The first-order chi connectivity index (χ1) is 9.04. The van der Waals surface area contributed by atoms with Crippen molar-refractivity contribution < 1.29 is 4.74 Å². The third-order valence-electron chi connectivity index (χ3n) is 3.95. The zero-order chi connectivity index (χ0) is 13.9. The summed E-state index contributed by atoms with van der Waals surface area (Å²) >= 11 is 7.10. The van der Waals surface area contributed by atoms with Gasteiger partial charge in [0, 0.05) is 22.1 Å². The predicted octanol–water partition coefficient (Wildman–Crippen LogP) is 5.03. The van der Waals surface area contributed by atoms with Gasteiger partial charge in [0.1, 0.15) is 5.75 Å². The van der Waals surface area contributed by atoms with Crippen molar-refractivity contribution in [1.29, 1.82) is 0 Å². The Hall–Kier alpha value is -0.0600. The molecule has 1 aliphatic rings. The molecular weight excluding hydrogens is 370 g/mol. The molecule has 19 heavy (non-hydrogen) atoms. The molecule has 0 spiro atoms. The van der Waals surface area contributed by atoms with Crippen LogP contribution in [0.3, 0.4) is 0 Å². The van der Waals surface area contributed by atoms with Gasteiger partial charge in [0.05, 0.1) is 11.6 Å². The Labute approximate surface area is 132 Å². The van der Waals surface area contributed by atoms with Crippen LogP contribution in [0.1, 0.15) is 44.6 Å². The van der Waals surface area contributed by atoms with E-state index in [0.29, 0.717) is 0 Å². The molecule has 0 saturated heterocycles. The zero-order valence-electron chi connectivity index (χ0n) is 11.6. The third-order valence-corrected chi connectivity index (χ3v) is 5.00. The summed E-state index contributed by atoms with van der Waals surface area (Å²) in [6.45, 7) is 3.18. The standard InChI is InChI=1S/C15H21Br2NO/c1-15(6-4-3-5-7-15)18-10-11-8-12(16)9-13(17)14(11)19-2/h8-9,18H,3-7,10H2,1-2H3. The molecule has 0 atom stereocenters. The van der Waals surface area contributed by atoms with Gasteiger partial charge in [-0.3, -0.25) is 0 Å². The molecule has 0 heterocycles. The van der Waals surface area contributed by atoms with E-state index in [0.717, 1.165) is 21.2 Å². The molecule has 1 fully saturated rings. The number of nitrogens with one attached hydrogen (secondary N) is 1. The van der Waals surface area contributed by atoms with Crippen molar-refractivity contribution in [3.05, 3.63) is 26.6 Å². The molecule has 0 radical (unpaired) electrons. The highest BCUT2D eigenvalue weighted by molar-refractivity contribution is 9.11. The molecule has 1 N–H and O–H groups in total. The lowest BCUT2D eigenvalue weighted by molar-refractivity contribution is 0.251. The van der Waals surface area contributed by atoms with E-state index >= 15 is 0 Å². The van der Waals surface area contributed by atoms with Gasteiger partial charge in [-0.2, -0.15) is 0 Å². The Bertz CT molecular complexity index is 442. The number of methoxy groups -OCH3 is 1. The summed E-state index contributed by atoms with van der Waals surface area (Å²) in [6, 6.07) is 4.15. The van der Waals surface area contributed by atoms with Crippen molar-refractivity contribution in [2.75, 3.05) is 7.11 Å². The van der Waals surface area contributed by atoms with E-state index in [1.165, 1.54) is 37.7 Å². The van der Waals surface area contributed by atoms with E-state index < -0.39 is 0 Å². The van der Waals surface area contributed by atoms with Gasteiger partial charge in [-0.15, -0.1) is 0 Å². The fraction of sp³-hybridized carbons (Fsp3) is 0.600. The number of rotatable bonds is 4. The van der Waals surface area contributed by atoms with Gasteiger partial charge in [0.2, 0.25) is 0 Å². The molecule has 2 nitrogen and oxygen atoms in total. The van der Waals surface area contributed by atoms with Crippen LogP contribution in [0.15, 0.2) is 21.1 Å². The van der Waals surface area contributed by atoms with Crippen LogP contribution in [0.2, 0.25) is 0 Å². The quantitative estimate of drug-likeness (QED) is 0.778. The van der Waals surface area contributed by atoms with Gasteiger partial charge < -0.3 is 10.1 Å². The molecule has 1 aromatic rings. The number of benzene rings is 1. The van der Waals surface area contributed by atoms with Gasteiger partial charge in [-0.1, -0.05) is 35.2 Å². The number of ether oxygens (including phenoxy) is 1. The minimum Gasteiger partial charge on any atom is -0.495 e. The molecular formula is C15H21Br2NO. The number of hydrogen-bond donors (Lipinski definition) is 1.